The molecule has 24 heavy (non-hydrogen) atoms. The Morgan fingerprint density at radius 2 is 1.92 bits per heavy atom. The highest BCUT2D eigenvalue weighted by Crippen LogP contribution is 2.10. The number of rotatable bonds is 5. The first-order valence-corrected chi connectivity index (χ1v) is 8.25. The predicted molar refractivity (Wildman–Crippen MR) is 99.5 cm³/mol. The Bertz CT molecular complexity index is 790. The van der Waals surface area contributed by atoms with E-state index in [2.05, 4.69) is 25.6 Å². The lowest BCUT2D eigenvalue weighted by molar-refractivity contribution is 0.777. The molecule has 5 nitrogen and oxygen atoms in total. The molecule has 2 aromatic carbocycles. The second-order valence-electron chi connectivity index (χ2n) is 5.43. The number of benzene rings is 2. The number of guanidine groups is 1. The van der Waals surface area contributed by atoms with Crippen LogP contribution >= 0.6 is 11.6 Å². The second kappa shape index (κ2) is 7.84. The first-order chi connectivity index (χ1) is 11.7. The van der Waals surface area contributed by atoms with E-state index in [1.54, 1.807) is 7.05 Å². The molecule has 0 saturated carbocycles. The van der Waals surface area contributed by atoms with E-state index in [-0.39, 0.29) is 0 Å². The summed E-state index contributed by atoms with van der Waals surface area (Å²) in [6.45, 7) is 1.45. The molecule has 6 heteroatoms. The van der Waals surface area contributed by atoms with E-state index in [0.29, 0.717) is 6.54 Å². The Hall–Kier alpha value is -2.53. The maximum absolute atomic E-state index is 5.89. The van der Waals surface area contributed by atoms with Gasteiger partial charge in [0.1, 0.15) is 5.82 Å². The number of nitrogens with one attached hydrogen (secondary N) is 3. The van der Waals surface area contributed by atoms with E-state index in [1.807, 2.05) is 48.5 Å². The molecular formula is C18H20ClN5. The zero-order valence-electron chi connectivity index (χ0n) is 13.5. The number of aromatic amines is 1. The van der Waals surface area contributed by atoms with Crippen LogP contribution in [0.4, 0.5) is 0 Å². The van der Waals surface area contributed by atoms with E-state index in [4.69, 9.17) is 11.6 Å². The molecule has 1 heterocycles. The molecule has 0 radical (unpaired) electrons. The average Bonchev–Trinajstić information content (AvgIpc) is 3.02. The summed E-state index contributed by atoms with van der Waals surface area (Å²) in [5, 5.41) is 7.32. The SMILES string of the molecule is CN=C(NCCc1nc2ccccc2[nH]1)NCc1ccc(Cl)cc1. The molecule has 0 bridgehead atoms. The van der Waals surface area contributed by atoms with Crippen LogP contribution in [0.2, 0.25) is 5.02 Å². The fourth-order valence-corrected chi connectivity index (χ4v) is 2.56. The largest absolute Gasteiger partial charge is 0.356 e. The number of imidazole rings is 1. The van der Waals surface area contributed by atoms with Gasteiger partial charge in [0.05, 0.1) is 11.0 Å². The minimum absolute atomic E-state index is 0.696. The van der Waals surface area contributed by atoms with E-state index in [1.165, 1.54) is 0 Å². The number of para-hydroxylation sites is 2. The number of aromatic nitrogens is 2. The van der Waals surface area contributed by atoms with Crippen molar-refractivity contribution < 1.29 is 0 Å². The van der Waals surface area contributed by atoms with Gasteiger partial charge in [0.2, 0.25) is 0 Å². The zero-order valence-corrected chi connectivity index (χ0v) is 14.3. The Kier molecular flexibility index (Phi) is 5.33. The molecule has 0 saturated heterocycles. The maximum atomic E-state index is 5.89. The van der Waals surface area contributed by atoms with Crippen molar-refractivity contribution in [3.05, 3.63) is 64.9 Å². The van der Waals surface area contributed by atoms with Crippen molar-refractivity contribution in [1.82, 2.24) is 20.6 Å². The number of halogens is 1. The van der Waals surface area contributed by atoms with Crippen LogP contribution in [0, 0.1) is 0 Å². The Morgan fingerprint density at radius 1 is 1.12 bits per heavy atom. The van der Waals surface area contributed by atoms with Gasteiger partial charge in [-0.3, -0.25) is 4.99 Å². The van der Waals surface area contributed by atoms with Gasteiger partial charge >= 0.3 is 0 Å². The lowest BCUT2D eigenvalue weighted by atomic mass is 10.2. The van der Waals surface area contributed by atoms with Gasteiger partial charge in [0.15, 0.2) is 5.96 Å². The summed E-state index contributed by atoms with van der Waals surface area (Å²) in [5.41, 5.74) is 3.22. The molecule has 0 atom stereocenters. The van der Waals surface area contributed by atoms with Gasteiger partial charge in [-0.15, -0.1) is 0 Å². The van der Waals surface area contributed by atoms with Crippen LogP contribution in [0.15, 0.2) is 53.5 Å². The molecule has 0 aliphatic heterocycles. The highest BCUT2D eigenvalue weighted by molar-refractivity contribution is 6.30. The van der Waals surface area contributed by atoms with Crippen LogP contribution in [0.25, 0.3) is 11.0 Å². The van der Waals surface area contributed by atoms with Crippen molar-refractivity contribution in [2.24, 2.45) is 4.99 Å². The van der Waals surface area contributed by atoms with Crippen LogP contribution in [0.3, 0.4) is 0 Å². The number of aliphatic imine (C=N–C) groups is 1. The lowest BCUT2D eigenvalue weighted by Gasteiger charge is -2.11. The van der Waals surface area contributed by atoms with Gasteiger partial charge in [-0.2, -0.15) is 0 Å². The van der Waals surface area contributed by atoms with Crippen molar-refractivity contribution in [2.45, 2.75) is 13.0 Å². The number of hydrogen-bond donors (Lipinski definition) is 3. The van der Waals surface area contributed by atoms with Crippen molar-refractivity contribution in [3.63, 3.8) is 0 Å². The molecule has 0 aliphatic rings. The molecule has 0 fully saturated rings. The van der Waals surface area contributed by atoms with Crippen LogP contribution in [-0.2, 0) is 13.0 Å². The van der Waals surface area contributed by atoms with Gasteiger partial charge in [-0.05, 0) is 29.8 Å². The summed E-state index contributed by atoms with van der Waals surface area (Å²) in [6, 6.07) is 15.8. The number of H-pyrrole nitrogens is 1. The third-order valence-corrected chi connectivity index (χ3v) is 3.94. The van der Waals surface area contributed by atoms with Crippen molar-refractivity contribution >= 4 is 28.6 Å². The monoisotopic (exact) mass is 341 g/mol. The lowest BCUT2D eigenvalue weighted by Crippen LogP contribution is -2.37. The van der Waals surface area contributed by atoms with Crippen LogP contribution in [0.1, 0.15) is 11.4 Å². The summed E-state index contributed by atoms with van der Waals surface area (Å²) in [4.78, 5) is 12.1. The normalized spacial score (nSPS) is 11.7. The summed E-state index contributed by atoms with van der Waals surface area (Å²) >= 11 is 5.89. The van der Waals surface area contributed by atoms with Crippen molar-refractivity contribution in [2.75, 3.05) is 13.6 Å². The minimum Gasteiger partial charge on any atom is -0.356 e. The Labute approximate surface area is 146 Å². The van der Waals surface area contributed by atoms with Gasteiger partial charge in [0.25, 0.3) is 0 Å². The molecular weight excluding hydrogens is 322 g/mol. The Morgan fingerprint density at radius 3 is 2.67 bits per heavy atom. The molecule has 3 rings (SSSR count). The number of nitrogens with zero attached hydrogens (tertiary/aromatic N) is 2. The van der Waals surface area contributed by atoms with E-state index in [0.717, 1.165) is 46.4 Å². The molecule has 0 unspecified atom stereocenters. The molecule has 3 N–H and O–H groups in total. The second-order valence-corrected chi connectivity index (χ2v) is 5.87. The third kappa shape index (κ3) is 4.26. The van der Waals surface area contributed by atoms with Crippen molar-refractivity contribution in [1.29, 1.82) is 0 Å². The average molecular weight is 342 g/mol. The quantitative estimate of drug-likeness (QED) is 0.493. The first-order valence-electron chi connectivity index (χ1n) is 7.87. The van der Waals surface area contributed by atoms with Crippen LogP contribution < -0.4 is 10.6 Å². The molecule has 0 aliphatic carbocycles. The molecule has 0 amide bonds. The predicted octanol–water partition coefficient (Wildman–Crippen LogP) is 3.12. The number of hydrogen-bond acceptors (Lipinski definition) is 2. The summed E-state index contributed by atoms with van der Waals surface area (Å²) in [5.74, 6) is 1.73. The van der Waals surface area contributed by atoms with Crippen LogP contribution in [0.5, 0.6) is 0 Å². The summed E-state index contributed by atoms with van der Waals surface area (Å²) < 4.78 is 0. The van der Waals surface area contributed by atoms with Crippen LogP contribution in [-0.4, -0.2) is 29.5 Å². The molecule has 1 aromatic heterocycles. The standard InChI is InChI=1S/C18H20ClN5/c1-20-18(22-12-13-6-8-14(19)9-7-13)21-11-10-17-23-15-4-2-3-5-16(15)24-17/h2-9H,10-12H2,1H3,(H,23,24)(H2,20,21,22). The fourth-order valence-electron chi connectivity index (χ4n) is 2.43. The third-order valence-electron chi connectivity index (χ3n) is 3.69. The van der Waals surface area contributed by atoms with Gasteiger partial charge < -0.3 is 15.6 Å². The minimum atomic E-state index is 0.696. The Balaban J connectivity index is 1.48. The summed E-state index contributed by atoms with van der Waals surface area (Å²) in [6.07, 6.45) is 0.802. The highest BCUT2D eigenvalue weighted by atomic mass is 35.5. The first kappa shape index (κ1) is 16.3. The maximum Gasteiger partial charge on any atom is 0.191 e. The van der Waals surface area contributed by atoms with E-state index in [9.17, 15) is 0 Å². The molecule has 0 spiro atoms. The van der Waals surface area contributed by atoms with Crippen molar-refractivity contribution in [3.8, 4) is 0 Å². The zero-order chi connectivity index (χ0) is 16.8. The number of fused-ring (bicyclic) bond motifs is 1. The molecule has 3 aromatic rings. The highest BCUT2D eigenvalue weighted by Gasteiger charge is 2.03. The summed E-state index contributed by atoms with van der Waals surface area (Å²) in [7, 11) is 1.76. The van der Waals surface area contributed by atoms with Gasteiger partial charge in [-0.1, -0.05) is 35.9 Å². The smallest absolute Gasteiger partial charge is 0.191 e. The molecule has 124 valence electrons. The van der Waals surface area contributed by atoms with Gasteiger partial charge in [-0.25, -0.2) is 4.98 Å². The van der Waals surface area contributed by atoms with E-state index >= 15 is 0 Å². The van der Waals surface area contributed by atoms with E-state index < -0.39 is 0 Å². The fraction of sp³-hybridized carbons (Fsp3) is 0.222. The topological polar surface area (TPSA) is 65.1 Å². The van der Waals surface area contributed by atoms with Gasteiger partial charge in [0, 0.05) is 31.6 Å².